The van der Waals surface area contributed by atoms with E-state index < -0.39 is 0 Å². The summed E-state index contributed by atoms with van der Waals surface area (Å²) in [6.45, 7) is 1.60. The van der Waals surface area contributed by atoms with E-state index >= 15 is 0 Å². The fourth-order valence-corrected chi connectivity index (χ4v) is 2.39. The van der Waals surface area contributed by atoms with Gasteiger partial charge in [0.2, 0.25) is 5.91 Å². The summed E-state index contributed by atoms with van der Waals surface area (Å²) in [6, 6.07) is 12.0. The van der Waals surface area contributed by atoms with Crippen LogP contribution < -0.4 is 10.2 Å². The number of nitrogens with one attached hydrogen (secondary N) is 1. The van der Waals surface area contributed by atoms with Gasteiger partial charge in [-0.2, -0.15) is 0 Å². The maximum atomic E-state index is 11.7. The first-order valence-electron chi connectivity index (χ1n) is 6.86. The van der Waals surface area contributed by atoms with Gasteiger partial charge in [0, 0.05) is 43.3 Å². The molecule has 1 amide bonds. The monoisotopic (exact) mass is 267 g/mol. The molecule has 0 unspecified atom stereocenters. The van der Waals surface area contributed by atoms with Crippen LogP contribution in [-0.2, 0) is 11.3 Å². The van der Waals surface area contributed by atoms with Crippen molar-refractivity contribution in [3.05, 3.63) is 54.4 Å². The van der Waals surface area contributed by atoms with E-state index in [0.717, 1.165) is 30.9 Å². The number of rotatable bonds is 4. The van der Waals surface area contributed by atoms with Crippen molar-refractivity contribution in [2.24, 2.45) is 0 Å². The Hall–Kier alpha value is -2.36. The van der Waals surface area contributed by atoms with Crippen LogP contribution in [0.2, 0.25) is 0 Å². The van der Waals surface area contributed by atoms with Gasteiger partial charge >= 0.3 is 0 Å². The van der Waals surface area contributed by atoms with Gasteiger partial charge in [-0.25, -0.2) is 0 Å². The molecule has 0 atom stereocenters. The number of pyridine rings is 1. The summed E-state index contributed by atoms with van der Waals surface area (Å²) in [5.41, 5.74) is 3.23. The third-order valence-corrected chi connectivity index (χ3v) is 3.50. The van der Waals surface area contributed by atoms with Gasteiger partial charge < -0.3 is 10.2 Å². The highest BCUT2D eigenvalue weighted by Crippen LogP contribution is 2.23. The van der Waals surface area contributed by atoms with Gasteiger partial charge in [-0.05, 0) is 48.4 Å². The molecule has 2 aromatic rings. The van der Waals surface area contributed by atoms with E-state index in [1.807, 2.05) is 41.3 Å². The second-order valence-corrected chi connectivity index (χ2v) is 4.90. The molecule has 3 rings (SSSR count). The molecular formula is C16H17N3O. The van der Waals surface area contributed by atoms with E-state index in [4.69, 9.17) is 0 Å². The SMILES string of the molecule is O=C1CCCN1c1ccc(NCc2ccncc2)cc1. The molecule has 1 fully saturated rings. The van der Waals surface area contributed by atoms with Crippen molar-refractivity contribution in [3.63, 3.8) is 0 Å². The summed E-state index contributed by atoms with van der Waals surface area (Å²) in [7, 11) is 0. The third-order valence-electron chi connectivity index (χ3n) is 3.50. The van der Waals surface area contributed by atoms with E-state index in [-0.39, 0.29) is 5.91 Å². The lowest BCUT2D eigenvalue weighted by Crippen LogP contribution is -2.23. The first-order chi connectivity index (χ1) is 9.83. The van der Waals surface area contributed by atoms with Gasteiger partial charge in [0.15, 0.2) is 0 Å². The molecule has 1 aromatic heterocycles. The van der Waals surface area contributed by atoms with Crippen molar-refractivity contribution in [1.82, 2.24) is 4.98 Å². The Morgan fingerprint density at radius 2 is 1.85 bits per heavy atom. The van der Waals surface area contributed by atoms with Crippen LogP contribution in [0.5, 0.6) is 0 Å². The molecule has 4 heteroatoms. The van der Waals surface area contributed by atoms with Crippen LogP contribution in [0.1, 0.15) is 18.4 Å². The highest BCUT2D eigenvalue weighted by atomic mass is 16.2. The average molecular weight is 267 g/mol. The van der Waals surface area contributed by atoms with Crippen LogP contribution in [-0.4, -0.2) is 17.4 Å². The molecule has 1 aliphatic heterocycles. The molecule has 1 aromatic carbocycles. The molecule has 20 heavy (non-hydrogen) atoms. The van der Waals surface area contributed by atoms with E-state index in [2.05, 4.69) is 10.3 Å². The van der Waals surface area contributed by atoms with Crippen LogP contribution in [0.25, 0.3) is 0 Å². The number of hydrogen-bond donors (Lipinski definition) is 1. The summed E-state index contributed by atoms with van der Waals surface area (Å²) in [5.74, 6) is 0.225. The quantitative estimate of drug-likeness (QED) is 0.926. The predicted molar refractivity (Wildman–Crippen MR) is 79.6 cm³/mol. The Morgan fingerprint density at radius 3 is 2.50 bits per heavy atom. The molecule has 1 N–H and O–H groups in total. The average Bonchev–Trinajstić information content (AvgIpc) is 2.93. The smallest absolute Gasteiger partial charge is 0.227 e. The van der Waals surface area contributed by atoms with E-state index in [0.29, 0.717) is 6.42 Å². The fraction of sp³-hybridized carbons (Fsp3) is 0.250. The maximum absolute atomic E-state index is 11.7. The summed E-state index contributed by atoms with van der Waals surface area (Å²) < 4.78 is 0. The third kappa shape index (κ3) is 2.79. The number of anilines is 2. The van der Waals surface area contributed by atoms with Crippen LogP contribution in [0.15, 0.2) is 48.8 Å². The zero-order valence-corrected chi connectivity index (χ0v) is 11.2. The second kappa shape index (κ2) is 5.74. The van der Waals surface area contributed by atoms with Crippen molar-refractivity contribution >= 4 is 17.3 Å². The van der Waals surface area contributed by atoms with Gasteiger partial charge in [-0.3, -0.25) is 9.78 Å². The van der Waals surface area contributed by atoms with Gasteiger partial charge in [-0.15, -0.1) is 0 Å². The number of hydrogen-bond acceptors (Lipinski definition) is 3. The summed E-state index contributed by atoms with van der Waals surface area (Å²) in [5, 5.41) is 3.36. The Balaban J connectivity index is 1.63. The van der Waals surface area contributed by atoms with E-state index in [1.165, 1.54) is 5.56 Å². The number of benzene rings is 1. The molecule has 0 saturated carbocycles. The standard InChI is InChI=1S/C16H17N3O/c20-16-2-1-11-19(16)15-5-3-14(4-6-15)18-12-13-7-9-17-10-8-13/h3-10,18H,1-2,11-12H2. The molecule has 0 bridgehead atoms. The number of carbonyl (C=O) groups excluding carboxylic acids is 1. The number of nitrogens with zero attached hydrogens (tertiary/aromatic N) is 2. The number of amides is 1. The molecule has 2 heterocycles. The Bertz CT molecular complexity index is 580. The zero-order valence-electron chi connectivity index (χ0n) is 11.2. The normalized spacial score (nSPS) is 14.6. The minimum Gasteiger partial charge on any atom is -0.381 e. The first kappa shape index (κ1) is 12.7. The lowest BCUT2D eigenvalue weighted by atomic mass is 10.2. The van der Waals surface area contributed by atoms with Gasteiger partial charge in [0.05, 0.1) is 0 Å². The van der Waals surface area contributed by atoms with Crippen molar-refractivity contribution < 1.29 is 4.79 Å². The van der Waals surface area contributed by atoms with Crippen molar-refractivity contribution in [1.29, 1.82) is 0 Å². The lowest BCUT2D eigenvalue weighted by molar-refractivity contribution is -0.117. The van der Waals surface area contributed by atoms with Gasteiger partial charge in [0.25, 0.3) is 0 Å². The topological polar surface area (TPSA) is 45.2 Å². The molecule has 1 aliphatic rings. The van der Waals surface area contributed by atoms with E-state index in [9.17, 15) is 4.79 Å². The summed E-state index contributed by atoms with van der Waals surface area (Å²) in [6.07, 6.45) is 5.21. The highest BCUT2D eigenvalue weighted by molar-refractivity contribution is 5.95. The first-order valence-corrected chi connectivity index (χ1v) is 6.86. The number of carbonyl (C=O) groups is 1. The molecular weight excluding hydrogens is 250 g/mol. The van der Waals surface area contributed by atoms with E-state index in [1.54, 1.807) is 12.4 Å². The Morgan fingerprint density at radius 1 is 1.10 bits per heavy atom. The van der Waals surface area contributed by atoms with Crippen molar-refractivity contribution in [2.75, 3.05) is 16.8 Å². The molecule has 102 valence electrons. The molecule has 0 radical (unpaired) electrons. The molecule has 4 nitrogen and oxygen atoms in total. The minimum atomic E-state index is 0.225. The van der Waals surface area contributed by atoms with Crippen molar-refractivity contribution in [2.45, 2.75) is 19.4 Å². The lowest BCUT2D eigenvalue weighted by Gasteiger charge is -2.16. The maximum Gasteiger partial charge on any atom is 0.227 e. The number of aromatic nitrogens is 1. The molecule has 0 spiro atoms. The fourth-order valence-electron chi connectivity index (χ4n) is 2.39. The molecule has 1 saturated heterocycles. The summed E-state index contributed by atoms with van der Waals surface area (Å²) >= 11 is 0. The van der Waals surface area contributed by atoms with Crippen LogP contribution in [0, 0.1) is 0 Å². The van der Waals surface area contributed by atoms with Crippen LogP contribution >= 0.6 is 0 Å². The Labute approximate surface area is 118 Å². The highest BCUT2D eigenvalue weighted by Gasteiger charge is 2.21. The largest absolute Gasteiger partial charge is 0.381 e. The Kier molecular flexibility index (Phi) is 3.63. The van der Waals surface area contributed by atoms with Gasteiger partial charge in [-0.1, -0.05) is 0 Å². The van der Waals surface area contributed by atoms with Crippen LogP contribution in [0.4, 0.5) is 11.4 Å². The zero-order chi connectivity index (χ0) is 13.8. The van der Waals surface area contributed by atoms with Crippen LogP contribution in [0.3, 0.4) is 0 Å². The minimum absolute atomic E-state index is 0.225. The second-order valence-electron chi connectivity index (χ2n) is 4.90. The van der Waals surface area contributed by atoms with Crippen molar-refractivity contribution in [3.8, 4) is 0 Å². The van der Waals surface area contributed by atoms with Gasteiger partial charge in [0.1, 0.15) is 0 Å². The summed E-state index contributed by atoms with van der Waals surface area (Å²) in [4.78, 5) is 17.5. The molecule has 0 aliphatic carbocycles. The predicted octanol–water partition coefficient (Wildman–Crippen LogP) is 2.82.